The van der Waals surface area contributed by atoms with E-state index in [2.05, 4.69) is 0 Å². The monoisotopic (exact) mass is 353 g/mol. The number of nitrogens with zero attached hydrogens (tertiary/aromatic N) is 3. The van der Waals surface area contributed by atoms with Gasteiger partial charge in [0.05, 0.1) is 28.7 Å². The van der Waals surface area contributed by atoms with Crippen LogP contribution in [-0.2, 0) is 11.3 Å². The minimum absolute atomic E-state index is 0.216. The third kappa shape index (κ3) is 2.40. The number of carboxylic acids is 1. The molecule has 0 bridgehead atoms. The Labute approximate surface area is 147 Å². The lowest BCUT2D eigenvalue weighted by Gasteiger charge is -2.14. The maximum atomic E-state index is 11.4. The van der Waals surface area contributed by atoms with E-state index in [1.54, 1.807) is 25.3 Å². The standard InChI is InChI=1S/C18H15N3O3S/c1-24-9-8-20-15-10-11(17(22)23)6-7-12(15)16-19-13-4-2-3-5-14(13)21(16)18(20)25/h2-7,10H,8-9H2,1H3,(H,22,23). The molecule has 0 aliphatic heterocycles. The van der Waals surface area contributed by atoms with Crippen molar-refractivity contribution in [2.45, 2.75) is 6.54 Å². The molecule has 126 valence electrons. The summed E-state index contributed by atoms with van der Waals surface area (Å²) in [6.45, 7) is 0.996. The van der Waals surface area contributed by atoms with E-state index in [-0.39, 0.29) is 5.56 Å². The lowest BCUT2D eigenvalue weighted by molar-refractivity contribution is 0.0697. The minimum Gasteiger partial charge on any atom is -0.478 e. The molecule has 0 fully saturated rings. The Morgan fingerprint density at radius 3 is 2.80 bits per heavy atom. The van der Waals surface area contributed by atoms with Crippen LogP contribution in [0.5, 0.6) is 0 Å². The molecule has 0 atom stereocenters. The van der Waals surface area contributed by atoms with Crippen molar-refractivity contribution in [1.82, 2.24) is 14.0 Å². The summed E-state index contributed by atoms with van der Waals surface area (Å²) in [5, 5.41) is 10.2. The number of imidazole rings is 1. The van der Waals surface area contributed by atoms with Gasteiger partial charge < -0.3 is 14.4 Å². The normalized spacial score (nSPS) is 11.6. The summed E-state index contributed by atoms with van der Waals surface area (Å²) in [6, 6.07) is 12.8. The Bertz CT molecular complexity index is 1190. The lowest BCUT2D eigenvalue weighted by atomic mass is 10.1. The molecule has 2 aromatic carbocycles. The van der Waals surface area contributed by atoms with Crippen LogP contribution in [0.15, 0.2) is 42.5 Å². The third-order valence-corrected chi connectivity index (χ3v) is 4.68. The van der Waals surface area contributed by atoms with Crippen molar-refractivity contribution in [3.63, 3.8) is 0 Å². The number of aromatic nitrogens is 3. The number of carboxylic acid groups (broad SMARTS) is 1. The number of benzene rings is 2. The fraction of sp³-hybridized carbons (Fsp3) is 0.167. The summed E-state index contributed by atoms with van der Waals surface area (Å²) in [4.78, 5) is 16.1. The molecular formula is C18H15N3O3S. The highest BCUT2D eigenvalue weighted by Crippen LogP contribution is 2.26. The van der Waals surface area contributed by atoms with Gasteiger partial charge in [-0.15, -0.1) is 0 Å². The van der Waals surface area contributed by atoms with E-state index < -0.39 is 5.97 Å². The first kappa shape index (κ1) is 15.7. The average Bonchev–Trinajstić information content (AvgIpc) is 3.01. The maximum absolute atomic E-state index is 11.4. The van der Waals surface area contributed by atoms with Crippen molar-refractivity contribution < 1.29 is 14.6 Å². The third-order valence-electron chi connectivity index (χ3n) is 4.28. The van der Waals surface area contributed by atoms with E-state index in [9.17, 15) is 9.90 Å². The quantitative estimate of drug-likeness (QED) is 0.569. The number of hydrogen-bond donors (Lipinski definition) is 1. The molecule has 4 aromatic rings. The van der Waals surface area contributed by atoms with E-state index in [0.29, 0.717) is 17.9 Å². The van der Waals surface area contributed by atoms with Gasteiger partial charge in [-0.3, -0.25) is 4.40 Å². The summed E-state index contributed by atoms with van der Waals surface area (Å²) in [5.74, 6) is -0.973. The van der Waals surface area contributed by atoms with Crippen molar-refractivity contribution in [2.75, 3.05) is 13.7 Å². The number of para-hydroxylation sites is 2. The SMILES string of the molecule is COCCn1c(=S)n2c3ccccc3nc2c2ccc(C(=O)O)cc21. The zero-order chi connectivity index (χ0) is 17.6. The Morgan fingerprint density at radius 1 is 1.24 bits per heavy atom. The molecule has 6 nitrogen and oxygen atoms in total. The van der Waals surface area contributed by atoms with Crippen LogP contribution in [-0.4, -0.2) is 38.7 Å². The average molecular weight is 353 g/mol. The molecular weight excluding hydrogens is 338 g/mol. The molecule has 0 aliphatic rings. The first-order chi connectivity index (χ1) is 12.1. The van der Waals surface area contributed by atoms with Gasteiger partial charge in [-0.25, -0.2) is 9.78 Å². The smallest absolute Gasteiger partial charge is 0.335 e. The predicted molar refractivity (Wildman–Crippen MR) is 97.9 cm³/mol. The first-order valence-corrected chi connectivity index (χ1v) is 8.18. The van der Waals surface area contributed by atoms with Gasteiger partial charge in [-0.2, -0.15) is 0 Å². The van der Waals surface area contributed by atoms with Gasteiger partial charge >= 0.3 is 5.97 Å². The van der Waals surface area contributed by atoms with Gasteiger partial charge in [0.25, 0.3) is 0 Å². The summed E-state index contributed by atoms with van der Waals surface area (Å²) >= 11 is 5.71. The highest BCUT2D eigenvalue weighted by atomic mass is 32.1. The Morgan fingerprint density at radius 2 is 2.04 bits per heavy atom. The summed E-state index contributed by atoms with van der Waals surface area (Å²) in [7, 11) is 1.62. The van der Waals surface area contributed by atoms with E-state index in [4.69, 9.17) is 21.9 Å². The van der Waals surface area contributed by atoms with Crippen molar-refractivity contribution >= 4 is 45.8 Å². The molecule has 1 N–H and O–H groups in total. The topological polar surface area (TPSA) is 68.8 Å². The summed E-state index contributed by atoms with van der Waals surface area (Å²) in [5.41, 5.74) is 3.46. The van der Waals surface area contributed by atoms with Crippen molar-refractivity contribution in [2.24, 2.45) is 0 Å². The van der Waals surface area contributed by atoms with E-state index in [1.165, 1.54) is 0 Å². The molecule has 0 amide bonds. The molecule has 0 unspecified atom stereocenters. The molecule has 0 saturated carbocycles. The van der Waals surface area contributed by atoms with Crippen LogP contribution in [0, 0.1) is 4.77 Å². The number of methoxy groups -OCH3 is 1. The highest BCUT2D eigenvalue weighted by Gasteiger charge is 2.15. The van der Waals surface area contributed by atoms with Gasteiger partial charge in [0, 0.05) is 19.0 Å². The molecule has 0 radical (unpaired) electrons. The van der Waals surface area contributed by atoms with E-state index >= 15 is 0 Å². The van der Waals surface area contributed by atoms with Gasteiger partial charge in [0.1, 0.15) is 5.65 Å². The zero-order valence-electron chi connectivity index (χ0n) is 13.5. The molecule has 0 saturated heterocycles. The first-order valence-electron chi connectivity index (χ1n) is 7.78. The molecule has 2 heterocycles. The molecule has 0 aliphatic carbocycles. The second-order valence-corrected chi connectivity index (χ2v) is 6.09. The van der Waals surface area contributed by atoms with E-state index in [0.717, 1.165) is 27.6 Å². The van der Waals surface area contributed by atoms with Crippen LogP contribution in [0.2, 0.25) is 0 Å². The lowest BCUT2D eigenvalue weighted by Crippen LogP contribution is -2.11. The van der Waals surface area contributed by atoms with Crippen LogP contribution < -0.4 is 0 Å². The molecule has 0 spiro atoms. The second kappa shape index (κ2) is 5.94. The largest absolute Gasteiger partial charge is 0.478 e. The Balaban J connectivity index is 2.20. The van der Waals surface area contributed by atoms with Crippen molar-refractivity contribution in [1.29, 1.82) is 0 Å². The molecule has 2 aromatic heterocycles. The number of aromatic carboxylic acids is 1. The van der Waals surface area contributed by atoms with Crippen LogP contribution in [0.4, 0.5) is 0 Å². The number of fused-ring (bicyclic) bond motifs is 5. The number of hydrogen-bond acceptors (Lipinski definition) is 4. The Kier molecular flexibility index (Phi) is 3.74. The molecule has 7 heteroatoms. The number of ether oxygens (including phenoxy) is 1. The van der Waals surface area contributed by atoms with Gasteiger partial charge in [-0.05, 0) is 42.5 Å². The van der Waals surface area contributed by atoms with Crippen molar-refractivity contribution in [3.05, 3.63) is 52.8 Å². The fourth-order valence-electron chi connectivity index (χ4n) is 3.10. The van der Waals surface area contributed by atoms with Gasteiger partial charge in [-0.1, -0.05) is 12.1 Å². The van der Waals surface area contributed by atoms with Crippen LogP contribution in [0.1, 0.15) is 10.4 Å². The highest BCUT2D eigenvalue weighted by molar-refractivity contribution is 7.71. The molecule has 4 rings (SSSR count). The van der Waals surface area contributed by atoms with Crippen LogP contribution in [0.25, 0.3) is 27.6 Å². The van der Waals surface area contributed by atoms with Crippen molar-refractivity contribution in [3.8, 4) is 0 Å². The number of carbonyl (C=O) groups is 1. The van der Waals surface area contributed by atoms with Crippen LogP contribution in [0.3, 0.4) is 0 Å². The maximum Gasteiger partial charge on any atom is 0.335 e. The fourth-order valence-corrected chi connectivity index (χ4v) is 3.47. The van der Waals surface area contributed by atoms with Crippen LogP contribution >= 0.6 is 12.2 Å². The molecule has 25 heavy (non-hydrogen) atoms. The zero-order valence-corrected chi connectivity index (χ0v) is 14.3. The number of rotatable bonds is 4. The van der Waals surface area contributed by atoms with E-state index in [1.807, 2.05) is 33.2 Å². The summed E-state index contributed by atoms with van der Waals surface area (Å²) in [6.07, 6.45) is 0. The second-order valence-electron chi connectivity index (χ2n) is 5.72. The predicted octanol–water partition coefficient (Wildman–Crippen LogP) is 3.52. The summed E-state index contributed by atoms with van der Waals surface area (Å²) < 4.78 is 9.60. The van der Waals surface area contributed by atoms with Gasteiger partial charge in [0.2, 0.25) is 0 Å². The Hall–Kier alpha value is -2.77. The minimum atomic E-state index is -0.973. The van der Waals surface area contributed by atoms with Gasteiger partial charge in [0.15, 0.2) is 4.77 Å².